The Balaban J connectivity index is 1.41. The highest BCUT2D eigenvalue weighted by Crippen LogP contribution is 2.22. The van der Waals surface area contributed by atoms with Crippen molar-refractivity contribution in [3.63, 3.8) is 0 Å². The van der Waals surface area contributed by atoms with Crippen LogP contribution in [0.5, 0.6) is 0 Å². The SMILES string of the molecule is O=C(COC(=O)CCCNS(=O)(=O)c1cccc2nsnc12)Nc1cc(Cl)cc(Cl)c1. The molecule has 31 heavy (non-hydrogen) atoms. The van der Waals surface area contributed by atoms with Gasteiger partial charge in [0.15, 0.2) is 6.61 Å². The third-order valence-corrected chi connectivity index (χ3v) is 6.37. The van der Waals surface area contributed by atoms with Crippen molar-refractivity contribution in [3.05, 3.63) is 46.4 Å². The molecule has 0 radical (unpaired) electrons. The van der Waals surface area contributed by atoms with Gasteiger partial charge in [0, 0.05) is 28.7 Å². The Morgan fingerprint density at radius 2 is 1.84 bits per heavy atom. The molecule has 0 aliphatic heterocycles. The van der Waals surface area contributed by atoms with E-state index in [2.05, 4.69) is 18.8 Å². The molecular formula is C18H16Cl2N4O5S2. The summed E-state index contributed by atoms with van der Waals surface area (Å²) in [6.07, 6.45) is 0.121. The number of hydrogen-bond donors (Lipinski definition) is 2. The predicted octanol–water partition coefficient (Wildman–Crippen LogP) is 3.24. The van der Waals surface area contributed by atoms with E-state index in [1.807, 2.05) is 0 Å². The number of aromatic nitrogens is 2. The van der Waals surface area contributed by atoms with Crippen LogP contribution in [-0.2, 0) is 24.3 Å². The van der Waals surface area contributed by atoms with Crippen LogP contribution < -0.4 is 10.0 Å². The molecular weight excluding hydrogens is 487 g/mol. The normalized spacial score (nSPS) is 11.4. The molecule has 1 aromatic heterocycles. The van der Waals surface area contributed by atoms with Gasteiger partial charge in [-0.2, -0.15) is 8.75 Å². The quantitative estimate of drug-likeness (QED) is 0.339. The van der Waals surface area contributed by atoms with Crippen LogP contribution in [0.4, 0.5) is 5.69 Å². The molecule has 0 unspecified atom stereocenters. The van der Waals surface area contributed by atoms with Crippen LogP contribution in [0.1, 0.15) is 12.8 Å². The van der Waals surface area contributed by atoms with Crippen molar-refractivity contribution < 1.29 is 22.7 Å². The van der Waals surface area contributed by atoms with E-state index in [4.69, 9.17) is 27.9 Å². The van der Waals surface area contributed by atoms with E-state index < -0.39 is 28.5 Å². The average Bonchev–Trinajstić information content (AvgIpc) is 3.17. The van der Waals surface area contributed by atoms with Crippen molar-refractivity contribution in [2.24, 2.45) is 0 Å². The van der Waals surface area contributed by atoms with Gasteiger partial charge in [-0.05, 0) is 36.8 Å². The maximum Gasteiger partial charge on any atom is 0.306 e. The fourth-order valence-electron chi connectivity index (χ4n) is 2.56. The smallest absolute Gasteiger partial charge is 0.306 e. The highest BCUT2D eigenvalue weighted by molar-refractivity contribution is 7.89. The number of fused-ring (bicyclic) bond motifs is 1. The Kier molecular flexibility index (Phi) is 7.79. The summed E-state index contributed by atoms with van der Waals surface area (Å²) in [5, 5.41) is 3.21. The number of sulfonamides is 1. The van der Waals surface area contributed by atoms with E-state index in [0.29, 0.717) is 26.8 Å². The summed E-state index contributed by atoms with van der Waals surface area (Å²) in [5.74, 6) is -1.19. The third kappa shape index (κ3) is 6.58. The first-order valence-electron chi connectivity index (χ1n) is 8.87. The Hall–Kier alpha value is -2.31. The molecule has 0 aliphatic rings. The Morgan fingerprint density at radius 1 is 1.10 bits per heavy atom. The first kappa shape index (κ1) is 23.4. The number of ether oxygens (including phenoxy) is 1. The lowest BCUT2D eigenvalue weighted by Crippen LogP contribution is -2.26. The molecule has 2 aromatic carbocycles. The monoisotopic (exact) mass is 502 g/mol. The van der Waals surface area contributed by atoms with E-state index in [1.54, 1.807) is 12.1 Å². The molecule has 1 amide bonds. The Bertz CT molecular complexity index is 1200. The van der Waals surface area contributed by atoms with Gasteiger partial charge in [-0.1, -0.05) is 29.3 Å². The zero-order chi connectivity index (χ0) is 22.4. The maximum absolute atomic E-state index is 12.5. The molecule has 164 valence electrons. The van der Waals surface area contributed by atoms with Gasteiger partial charge in [-0.25, -0.2) is 13.1 Å². The van der Waals surface area contributed by atoms with Crippen molar-refractivity contribution in [2.45, 2.75) is 17.7 Å². The fourth-order valence-corrected chi connectivity index (χ4v) is 4.92. The summed E-state index contributed by atoms with van der Waals surface area (Å²) in [4.78, 5) is 23.7. The van der Waals surface area contributed by atoms with Gasteiger partial charge in [0.25, 0.3) is 5.91 Å². The lowest BCUT2D eigenvalue weighted by Gasteiger charge is -2.08. The summed E-state index contributed by atoms with van der Waals surface area (Å²) in [7, 11) is -3.81. The minimum Gasteiger partial charge on any atom is -0.456 e. The van der Waals surface area contributed by atoms with E-state index in [1.165, 1.54) is 24.3 Å². The lowest BCUT2D eigenvalue weighted by molar-refractivity contribution is -0.147. The van der Waals surface area contributed by atoms with E-state index in [-0.39, 0.29) is 24.3 Å². The zero-order valence-corrected chi connectivity index (χ0v) is 18.9. The van der Waals surface area contributed by atoms with Crippen molar-refractivity contribution in [1.82, 2.24) is 13.5 Å². The number of nitrogens with one attached hydrogen (secondary N) is 2. The van der Waals surface area contributed by atoms with Gasteiger partial charge in [-0.15, -0.1) is 0 Å². The number of anilines is 1. The summed E-state index contributed by atoms with van der Waals surface area (Å²) in [5.41, 5.74) is 1.17. The van der Waals surface area contributed by atoms with E-state index in [0.717, 1.165) is 11.7 Å². The highest BCUT2D eigenvalue weighted by Gasteiger charge is 2.19. The number of benzene rings is 2. The Labute approximate surface area is 192 Å². The topological polar surface area (TPSA) is 127 Å². The minimum atomic E-state index is -3.81. The molecule has 13 heteroatoms. The van der Waals surface area contributed by atoms with Crippen LogP contribution in [0.3, 0.4) is 0 Å². The molecule has 0 fully saturated rings. The predicted molar refractivity (Wildman–Crippen MR) is 118 cm³/mol. The van der Waals surface area contributed by atoms with Crippen LogP contribution in [0, 0.1) is 0 Å². The molecule has 2 N–H and O–H groups in total. The second kappa shape index (κ2) is 10.3. The minimum absolute atomic E-state index is 0.0125. The number of rotatable bonds is 9. The Morgan fingerprint density at radius 3 is 2.58 bits per heavy atom. The highest BCUT2D eigenvalue weighted by atomic mass is 35.5. The average molecular weight is 503 g/mol. The summed E-state index contributed by atoms with van der Waals surface area (Å²) < 4.78 is 40.3. The molecule has 0 spiro atoms. The van der Waals surface area contributed by atoms with E-state index in [9.17, 15) is 18.0 Å². The molecule has 0 saturated carbocycles. The number of nitrogens with zero attached hydrogens (tertiary/aromatic N) is 2. The van der Waals surface area contributed by atoms with Crippen molar-refractivity contribution in [3.8, 4) is 0 Å². The molecule has 0 atom stereocenters. The van der Waals surface area contributed by atoms with Crippen molar-refractivity contribution in [2.75, 3.05) is 18.5 Å². The molecule has 0 saturated heterocycles. The van der Waals surface area contributed by atoms with Crippen LogP contribution in [0.15, 0.2) is 41.3 Å². The van der Waals surface area contributed by atoms with Crippen molar-refractivity contribution >= 4 is 73.6 Å². The van der Waals surface area contributed by atoms with Crippen LogP contribution >= 0.6 is 34.9 Å². The lowest BCUT2D eigenvalue weighted by atomic mass is 10.3. The second-order valence-electron chi connectivity index (χ2n) is 6.26. The van der Waals surface area contributed by atoms with E-state index >= 15 is 0 Å². The van der Waals surface area contributed by atoms with Gasteiger partial charge in [0.05, 0.1) is 11.7 Å². The van der Waals surface area contributed by atoms with Gasteiger partial charge >= 0.3 is 5.97 Å². The number of hydrogen-bond acceptors (Lipinski definition) is 8. The maximum atomic E-state index is 12.5. The molecule has 3 aromatic rings. The number of halogens is 2. The number of carbonyl (C=O) groups is 2. The van der Waals surface area contributed by atoms with Gasteiger partial charge in [-0.3, -0.25) is 9.59 Å². The fraction of sp³-hybridized carbons (Fsp3) is 0.222. The first-order valence-corrected chi connectivity index (χ1v) is 11.8. The molecule has 0 aliphatic carbocycles. The van der Waals surface area contributed by atoms with Gasteiger partial charge in [0.2, 0.25) is 10.0 Å². The van der Waals surface area contributed by atoms with Gasteiger partial charge < -0.3 is 10.1 Å². The molecule has 9 nitrogen and oxygen atoms in total. The second-order valence-corrected chi connectivity index (χ2v) is 9.39. The summed E-state index contributed by atoms with van der Waals surface area (Å²) in [6, 6.07) is 9.21. The zero-order valence-electron chi connectivity index (χ0n) is 15.8. The number of carbonyl (C=O) groups excluding carboxylic acids is 2. The largest absolute Gasteiger partial charge is 0.456 e. The number of esters is 1. The van der Waals surface area contributed by atoms with Crippen LogP contribution in [0.25, 0.3) is 11.0 Å². The molecule has 0 bridgehead atoms. The number of amides is 1. The van der Waals surface area contributed by atoms with Crippen LogP contribution in [-0.4, -0.2) is 42.2 Å². The first-order chi connectivity index (χ1) is 14.7. The molecule has 3 rings (SSSR count). The molecule has 1 heterocycles. The van der Waals surface area contributed by atoms with Crippen LogP contribution in [0.2, 0.25) is 10.0 Å². The van der Waals surface area contributed by atoms with Gasteiger partial charge in [0.1, 0.15) is 15.9 Å². The summed E-state index contributed by atoms with van der Waals surface area (Å²) in [6.45, 7) is -0.480. The third-order valence-electron chi connectivity index (χ3n) is 3.90. The standard InChI is InChI=1S/C18H16Cl2N4O5S2/c19-11-7-12(20)9-13(8-11)22-16(25)10-29-17(26)5-2-6-21-31(27,28)15-4-1-3-14-18(15)24-30-23-14/h1,3-4,7-9,21H,2,5-6,10H2,(H,22,25). The summed E-state index contributed by atoms with van der Waals surface area (Å²) >= 11 is 12.6. The van der Waals surface area contributed by atoms with Crippen molar-refractivity contribution in [1.29, 1.82) is 0 Å².